The lowest BCUT2D eigenvalue weighted by Crippen LogP contribution is -2.24. The Morgan fingerprint density at radius 3 is 3.05 bits per heavy atom. The first-order valence-corrected chi connectivity index (χ1v) is 8.14. The van der Waals surface area contributed by atoms with Crippen LogP contribution < -0.4 is 0 Å². The molecule has 1 N–H and O–H groups in total. The summed E-state index contributed by atoms with van der Waals surface area (Å²) in [7, 11) is 0. The van der Waals surface area contributed by atoms with Crippen LogP contribution in [0.25, 0.3) is 11.0 Å². The fraction of sp³-hybridized carbons (Fsp3) is 0.467. The lowest BCUT2D eigenvalue weighted by Gasteiger charge is -2.23. The molecule has 5 nitrogen and oxygen atoms in total. The van der Waals surface area contributed by atoms with E-state index in [0.29, 0.717) is 0 Å². The van der Waals surface area contributed by atoms with Crippen molar-refractivity contribution in [3.63, 3.8) is 0 Å². The van der Waals surface area contributed by atoms with Crippen LogP contribution in [-0.2, 0) is 16.1 Å². The van der Waals surface area contributed by atoms with Gasteiger partial charge in [-0.1, -0.05) is 23.9 Å². The highest BCUT2D eigenvalue weighted by molar-refractivity contribution is 7.99. The normalized spacial score (nSPS) is 19.0. The first-order chi connectivity index (χ1) is 10.2. The molecule has 112 valence electrons. The van der Waals surface area contributed by atoms with Gasteiger partial charge in [0.2, 0.25) is 0 Å². The summed E-state index contributed by atoms with van der Waals surface area (Å²) in [5, 5.41) is 9.64. The molecule has 1 unspecified atom stereocenters. The topological polar surface area (TPSA) is 64.3 Å². The van der Waals surface area contributed by atoms with E-state index in [2.05, 4.69) is 9.55 Å². The number of nitrogens with zero attached hydrogens (tertiary/aromatic N) is 2. The number of carbonyl (C=O) groups is 1. The van der Waals surface area contributed by atoms with E-state index in [1.807, 2.05) is 24.3 Å². The molecular formula is C15H18N2O3S. The predicted molar refractivity (Wildman–Crippen MR) is 81.7 cm³/mol. The Morgan fingerprint density at radius 2 is 2.29 bits per heavy atom. The van der Waals surface area contributed by atoms with Crippen LogP contribution >= 0.6 is 11.8 Å². The van der Waals surface area contributed by atoms with Crippen LogP contribution in [0.1, 0.15) is 19.3 Å². The van der Waals surface area contributed by atoms with Crippen LogP contribution in [-0.4, -0.2) is 39.1 Å². The van der Waals surface area contributed by atoms with Gasteiger partial charge >= 0.3 is 5.97 Å². The molecule has 1 aromatic carbocycles. The number of imidazole rings is 1. The number of aliphatic carboxylic acids is 1. The highest BCUT2D eigenvalue weighted by Crippen LogP contribution is 2.26. The fourth-order valence-corrected chi connectivity index (χ4v) is 3.37. The summed E-state index contributed by atoms with van der Waals surface area (Å²) < 4.78 is 7.90. The Hall–Kier alpha value is -1.53. The van der Waals surface area contributed by atoms with Crippen molar-refractivity contribution in [1.82, 2.24) is 9.55 Å². The Morgan fingerprint density at radius 1 is 1.43 bits per heavy atom. The maximum absolute atomic E-state index is 10.8. The number of carboxylic acids is 1. The van der Waals surface area contributed by atoms with Crippen molar-refractivity contribution in [3.05, 3.63) is 24.3 Å². The van der Waals surface area contributed by atoms with Gasteiger partial charge in [-0.3, -0.25) is 4.79 Å². The lowest BCUT2D eigenvalue weighted by atomic mass is 10.1. The second-order valence-electron chi connectivity index (χ2n) is 5.16. The highest BCUT2D eigenvalue weighted by Gasteiger charge is 2.19. The molecule has 1 aliphatic rings. The summed E-state index contributed by atoms with van der Waals surface area (Å²) in [5.74, 6) is -0.804. The van der Waals surface area contributed by atoms with Crippen molar-refractivity contribution in [2.45, 2.75) is 37.1 Å². The smallest absolute Gasteiger partial charge is 0.313 e. The van der Waals surface area contributed by atoms with E-state index in [1.165, 1.54) is 18.2 Å². The molecule has 0 saturated carbocycles. The van der Waals surface area contributed by atoms with Crippen LogP contribution in [0.2, 0.25) is 0 Å². The SMILES string of the molecule is O=C(O)CSc1nc2ccccc2n1CC1CCCCO1. The van der Waals surface area contributed by atoms with Gasteiger partial charge in [-0.15, -0.1) is 0 Å². The average molecular weight is 306 g/mol. The summed E-state index contributed by atoms with van der Waals surface area (Å²) in [6.45, 7) is 1.55. The van der Waals surface area contributed by atoms with E-state index in [4.69, 9.17) is 9.84 Å². The van der Waals surface area contributed by atoms with E-state index in [0.717, 1.165) is 42.2 Å². The molecule has 2 aromatic rings. The molecule has 0 aliphatic carbocycles. The molecule has 1 aromatic heterocycles. The predicted octanol–water partition coefficient (Wildman–Crippen LogP) is 2.78. The molecular weight excluding hydrogens is 288 g/mol. The molecule has 0 bridgehead atoms. The Labute approximate surface area is 127 Å². The lowest BCUT2D eigenvalue weighted by molar-refractivity contribution is -0.133. The summed E-state index contributed by atoms with van der Waals surface area (Å²) in [5.41, 5.74) is 1.95. The van der Waals surface area contributed by atoms with E-state index in [9.17, 15) is 4.79 Å². The minimum atomic E-state index is -0.826. The van der Waals surface area contributed by atoms with Crippen LogP contribution in [0.3, 0.4) is 0 Å². The highest BCUT2D eigenvalue weighted by atomic mass is 32.2. The van der Waals surface area contributed by atoms with Gasteiger partial charge in [0.05, 0.1) is 29.4 Å². The second kappa shape index (κ2) is 6.49. The number of carboxylic acid groups (broad SMARTS) is 1. The third kappa shape index (κ3) is 3.39. The first kappa shape index (κ1) is 14.4. The number of aromatic nitrogens is 2. The molecule has 1 fully saturated rings. The van der Waals surface area contributed by atoms with Gasteiger partial charge in [-0.05, 0) is 31.4 Å². The average Bonchev–Trinajstić information content (AvgIpc) is 2.84. The van der Waals surface area contributed by atoms with Gasteiger partial charge in [-0.2, -0.15) is 0 Å². The molecule has 1 atom stereocenters. The third-order valence-corrected chi connectivity index (χ3v) is 4.57. The monoisotopic (exact) mass is 306 g/mol. The molecule has 1 aliphatic heterocycles. The van der Waals surface area contributed by atoms with Crippen molar-refractivity contribution in [2.24, 2.45) is 0 Å². The van der Waals surface area contributed by atoms with E-state index >= 15 is 0 Å². The van der Waals surface area contributed by atoms with E-state index in [-0.39, 0.29) is 11.9 Å². The van der Waals surface area contributed by atoms with Gasteiger partial charge in [0.15, 0.2) is 5.16 Å². The van der Waals surface area contributed by atoms with Crippen LogP contribution in [0.15, 0.2) is 29.4 Å². The molecule has 0 spiro atoms. The zero-order chi connectivity index (χ0) is 14.7. The maximum atomic E-state index is 10.8. The minimum absolute atomic E-state index is 0.0227. The Bertz CT molecular complexity index is 635. The maximum Gasteiger partial charge on any atom is 0.313 e. The summed E-state index contributed by atoms with van der Waals surface area (Å²) >= 11 is 1.27. The zero-order valence-electron chi connectivity index (χ0n) is 11.7. The van der Waals surface area contributed by atoms with E-state index < -0.39 is 5.97 Å². The number of ether oxygens (including phenoxy) is 1. The van der Waals surface area contributed by atoms with Crippen molar-refractivity contribution in [2.75, 3.05) is 12.4 Å². The van der Waals surface area contributed by atoms with Gasteiger partial charge in [0, 0.05) is 6.61 Å². The minimum Gasteiger partial charge on any atom is -0.481 e. The first-order valence-electron chi connectivity index (χ1n) is 7.15. The van der Waals surface area contributed by atoms with E-state index in [1.54, 1.807) is 0 Å². The standard InChI is InChI=1S/C15H18N2O3S/c18-14(19)10-21-15-16-12-6-1-2-7-13(12)17(15)9-11-5-3-4-8-20-11/h1-2,6-7,11H,3-5,8-10H2,(H,18,19). The van der Waals surface area contributed by atoms with Crippen molar-refractivity contribution in [3.8, 4) is 0 Å². The van der Waals surface area contributed by atoms with Crippen molar-refractivity contribution < 1.29 is 14.6 Å². The summed E-state index contributed by atoms with van der Waals surface area (Å²) in [6, 6.07) is 7.91. The fourth-order valence-electron chi connectivity index (χ4n) is 2.62. The molecule has 2 heterocycles. The quantitative estimate of drug-likeness (QED) is 0.861. The number of benzene rings is 1. The number of thioether (sulfide) groups is 1. The largest absolute Gasteiger partial charge is 0.481 e. The summed E-state index contributed by atoms with van der Waals surface area (Å²) in [6.07, 6.45) is 3.56. The third-order valence-electron chi connectivity index (χ3n) is 3.60. The molecule has 1 saturated heterocycles. The Kier molecular flexibility index (Phi) is 4.45. The van der Waals surface area contributed by atoms with Gasteiger partial charge in [0.25, 0.3) is 0 Å². The molecule has 0 amide bonds. The molecule has 3 rings (SSSR count). The van der Waals surface area contributed by atoms with Crippen LogP contribution in [0, 0.1) is 0 Å². The summed E-state index contributed by atoms with van der Waals surface area (Å²) in [4.78, 5) is 15.4. The van der Waals surface area contributed by atoms with Crippen molar-refractivity contribution >= 4 is 28.8 Å². The van der Waals surface area contributed by atoms with Crippen LogP contribution in [0.4, 0.5) is 0 Å². The second-order valence-corrected chi connectivity index (χ2v) is 6.11. The van der Waals surface area contributed by atoms with Crippen molar-refractivity contribution in [1.29, 1.82) is 0 Å². The molecule has 6 heteroatoms. The number of hydrogen-bond donors (Lipinski definition) is 1. The van der Waals surface area contributed by atoms with Gasteiger partial charge in [0.1, 0.15) is 0 Å². The molecule has 0 radical (unpaired) electrons. The number of rotatable bonds is 5. The van der Waals surface area contributed by atoms with Gasteiger partial charge < -0.3 is 14.4 Å². The number of fused-ring (bicyclic) bond motifs is 1. The Balaban J connectivity index is 1.88. The zero-order valence-corrected chi connectivity index (χ0v) is 12.5. The number of para-hydroxylation sites is 2. The molecule has 21 heavy (non-hydrogen) atoms. The van der Waals surface area contributed by atoms with Gasteiger partial charge in [-0.25, -0.2) is 4.98 Å². The van der Waals surface area contributed by atoms with Crippen LogP contribution in [0.5, 0.6) is 0 Å². The number of hydrogen-bond acceptors (Lipinski definition) is 4.